The minimum Gasteiger partial charge on any atom is -0.459 e. The topological polar surface area (TPSA) is 26.3 Å². The van der Waals surface area contributed by atoms with Crippen LogP contribution in [0.3, 0.4) is 0 Å². The fraction of sp³-hybridized carbons (Fsp3) is 0.667. The van der Waals surface area contributed by atoms with Crippen molar-refractivity contribution in [1.29, 1.82) is 0 Å². The van der Waals surface area contributed by atoms with Crippen LogP contribution >= 0.6 is 0 Å². The van der Waals surface area contributed by atoms with Gasteiger partial charge in [0.15, 0.2) is 0 Å². The fourth-order valence-corrected chi connectivity index (χ4v) is 2.84. The molecule has 1 aromatic carbocycles. The van der Waals surface area contributed by atoms with Gasteiger partial charge in [-0.1, -0.05) is 76.5 Å². The molecule has 0 N–H and O–H groups in total. The highest BCUT2D eigenvalue weighted by Gasteiger charge is 2.14. The molecule has 0 saturated heterocycles. The quantitative estimate of drug-likeness (QED) is 0.326. The van der Waals surface area contributed by atoms with Crippen LogP contribution in [0.25, 0.3) is 0 Å². The average molecular weight is 319 g/mol. The van der Waals surface area contributed by atoms with Crippen LogP contribution in [-0.2, 0) is 4.74 Å². The summed E-state index contributed by atoms with van der Waals surface area (Å²) in [5.74, 6) is -0.180. The summed E-state index contributed by atoms with van der Waals surface area (Å²) in [5, 5.41) is 0. The Kier molecular flexibility index (Phi) is 10.4. The van der Waals surface area contributed by atoms with Crippen molar-refractivity contribution in [3.8, 4) is 0 Å². The first-order valence-corrected chi connectivity index (χ1v) is 9.45. The van der Waals surface area contributed by atoms with Gasteiger partial charge in [0.25, 0.3) is 0 Å². The van der Waals surface area contributed by atoms with E-state index in [2.05, 4.69) is 13.8 Å². The van der Waals surface area contributed by atoms with Crippen LogP contribution in [0.4, 0.5) is 0 Å². The van der Waals surface area contributed by atoms with Crippen LogP contribution in [-0.4, -0.2) is 12.1 Å². The van der Waals surface area contributed by atoms with Gasteiger partial charge in [-0.15, -0.1) is 0 Å². The molecule has 1 aromatic rings. The van der Waals surface area contributed by atoms with E-state index >= 15 is 0 Å². The summed E-state index contributed by atoms with van der Waals surface area (Å²) in [7, 11) is 0. The highest BCUT2D eigenvalue weighted by atomic mass is 16.5. The molecule has 0 amide bonds. The Morgan fingerprint density at radius 2 is 1.65 bits per heavy atom. The third-order valence-corrected chi connectivity index (χ3v) is 4.36. The lowest BCUT2D eigenvalue weighted by atomic mass is 10.0. The monoisotopic (exact) mass is 318 g/mol. The number of carbonyl (C=O) groups is 1. The van der Waals surface area contributed by atoms with Gasteiger partial charge in [-0.25, -0.2) is 4.79 Å². The molecular weight excluding hydrogens is 284 g/mol. The Balaban J connectivity index is 2.20. The predicted molar refractivity (Wildman–Crippen MR) is 97.9 cm³/mol. The van der Waals surface area contributed by atoms with E-state index in [4.69, 9.17) is 4.74 Å². The zero-order valence-corrected chi connectivity index (χ0v) is 15.3. The molecule has 2 heteroatoms. The minimum absolute atomic E-state index is 0.0584. The Morgan fingerprint density at radius 3 is 2.26 bits per heavy atom. The Bertz CT molecular complexity index is 439. The van der Waals surface area contributed by atoms with E-state index in [1.165, 1.54) is 44.9 Å². The van der Waals surface area contributed by atoms with Crippen molar-refractivity contribution in [2.75, 3.05) is 0 Å². The third kappa shape index (κ3) is 8.78. The molecule has 0 aliphatic rings. The first-order chi connectivity index (χ1) is 11.2. The maximum atomic E-state index is 12.2. The molecule has 0 radical (unpaired) electrons. The van der Waals surface area contributed by atoms with Gasteiger partial charge in [-0.2, -0.15) is 0 Å². The number of unbranched alkanes of at least 4 members (excludes halogenated alkanes) is 7. The summed E-state index contributed by atoms with van der Waals surface area (Å²) in [6.07, 6.45) is 12.4. The van der Waals surface area contributed by atoms with Crippen LogP contribution in [0.5, 0.6) is 0 Å². The summed E-state index contributed by atoms with van der Waals surface area (Å²) < 4.78 is 5.66. The summed E-state index contributed by atoms with van der Waals surface area (Å²) in [5.41, 5.74) is 1.76. The summed E-state index contributed by atoms with van der Waals surface area (Å²) in [4.78, 5) is 12.2. The standard InChI is InChI=1S/C21H34O2/c1-4-6-7-8-9-10-11-12-16-20(5-2)23-21(22)19-15-13-14-18(3)17-19/h13-15,17,20H,4-12,16H2,1-3H3. The van der Waals surface area contributed by atoms with Crippen LogP contribution in [0.2, 0.25) is 0 Å². The first-order valence-electron chi connectivity index (χ1n) is 9.45. The number of esters is 1. The molecule has 130 valence electrons. The molecule has 23 heavy (non-hydrogen) atoms. The molecule has 0 aliphatic heterocycles. The molecule has 0 aliphatic carbocycles. The summed E-state index contributed by atoms with van der Waals surface area (Å²) in [6.45, 7) is 6.34. The van der Waals surface area contributed by atoms with Crippen molar-refractivity contribution in [3.05, 3.63) is 35.4 Å². The Hall–Kier alpha value is -1.31. The number of ether oxygens (including phenoxy) is 1. The molecule has 0 aromatic heterocycles. The van der Waals surface area contributed by atoms with Gasteiger partial charge in [-0.3, -0.25) is 0 Å². The van der Waals surface area contributed by atoms with Crippen molar-refractivity contribution in [1.82, 2.24) is 0 Å². The van der Waals surface area contributed by atoms with E-state index in [1.807, 2.05) is 31.2 Å². The maximum absolute atomic E-state index is 12.2. The van der Waals surface area contributed by atoms with Crippen LogP contribution in [0.15, 0.2) is 24.3 Å². The van der Waals surface area contributed by atoms with Gasteiger partial charge in [0.2, 0.25) is 0 Å². The van der Waals surface area contributed by atoms with Crippen molar-refractivity contribution in [2.45, 2.75) is 91.1 Å². The van der Waals surface area contributed by atoms with Gasteiger partial charge in [0.05, 0.1) is 5.56 Å². The number of rotatable bonds is 12. The lowest BCUT2D eigenvalue weighted by molar-refractivity contribution is 0.0267. The third-order valence-electron chi connectivity index (χ3n) is 4.36. The van der Waals surface area contributed by atoms with Gasteiger partial charge < -0.3 is 4.74 Å². The largest absolute Gasteiger partial charge is 0.459 e. The predicted octanol–water partition coefficient (Wildman–Crippen LogP) is 6.46. The Labute approximate surface area is 142 Å². The molecular formula is C21H34O2. The van der Waals surface area contributed by atoms with Crippen LogP contribution in [0.1, 0.15) is 94.0 Å². The highest BCUT2D eigenvalue weighted by molar-refractivity contribution is 5.89. The zero-order chi connectivity index (χ0) is 16.9. The number of hydrogen-bond acceptors (Lipinski definition) is 2. The van der Waals surface area contributed by atoms with Gasteiger partial charge in [0.1, 0.15) is 6.10 Å². The second-order valence-electron chi connectivity index (χ2n) is 6.57. The van der Waals surface area contributed by atoms with Crippen molar-refractivity contribution >= 4 is 5.97 Å². The van der Waals surface area contributed by atoms with Crippen molar-refractivity contribution in [3.63, 3.8) is 0 Å². The molecule has 0 spiro atoms. The second kappa shape index (κ2) is 12.2. The van der Waals surface area contributed by atoms with Crippen LogP contribution in [0, 0.1) is 6.92 Å². The number of hydrogen-bond donors (Lipinski definition) is 0. The second-order valence-corrected chi connectivity index (χ2v) is 6.57. The van der Waals surface area contributed by atoms with E-state index in [0.717, 1.165) is 24.8 Å². The number of carbonyl (C=O) groups excluding carboxylic acids is 1. The molecule has 1 atom stereocenters. The SMILES string of the molecule is CCCCCCCCCCC(CC)OC(=O)c1cccc(C)c1. The lowest BCUT2D eigenvalue weighted by Crippen LogP contribution is -2.17. The number of benzene rings is 1. The smallest absolute Gasteiger partial charge is 0.338 e. The zero-order valence-electron chi connectivity index (χ0n) is 15.3. The first kappa shape index (κ1) is 19.7. The van der Waals surface area contributed by atoms with E-state index in [-0.39, 0.29) is 12.1 Å². The molecule has 0 fully saturated rings. The summed E-state index contributed by atoms with van der Waals surface area (Å²) >= 11 is 0. The van der Waals surface area contributed by atoms with E-state index in [1.54, 1.807) is 0 Å². The molecule has 2 nitrogen and oxygen atoms in total. The normalized spacial score (nSPS) is 12.1. The number of aryl methyl sites for hydroxylation is 1. The maximum Gasteiger partial charge on any atom is 0.338 e. The van der Waals surface area contributed by atoms with Gasteiger partial charge >= 0.3 is 5.97 Å². The van der Waals surface area contributed by atoms with Gasteiger partial charge in [0, 0.05) is 0 Å². The van der Waals surface area contributed by atoms with E-state index in [0.29, 0.717) is 5.56 Å². The molecule has 0 bridgehead atoms. The van der Waals surface area contributed by atoms with Gasteiger partial charge in [-0.05, 0) is 38.3 Å². The summed E-state index contributed by atoms with van der Waals surface area (Å²) in [6, 6.07) is 7.63. The molecule has 0 saturated carbocycles. The highest BCUT2D eigenvalue weighted by Crippen LogP contribution is 2.15. The molecule has 1 unspecified atom stereocenters. The van der Waals surface area contributed by atoms with E-state index < -0.39 is 0 Å². The molecule has 0 heterocycles. The fourth-order valence-electron chi connectivity index (χ4n) is 2.84. The van der Waals surface area contributed by atoms with Crippen LogP contribution < -0.4 is 0 Å². The average Bonchev–Trinajstić information content (AvgIpc) is 2.56. The van der Waals surface area contributed by atoms with Crippen molar-refractivity contribution < 1.29 is 9.53 Å². The van der Waals surface area contributed by atoms with E-state index in [9.17, 15) is 4.79 Å². The lowest BCUT2D eigenvalue weighted by Gasteiger charge is -2.16. The molecule has 1 rings (SSSR count). The van der Waals surface area contributed by atoms with Crippen molar-refractivity contribution in [2.24, 2.45) is 0 Å². The Morgan fingerprint density at radius 1 is 1.00 bits per heavy atom. The minimum atomic E-state index is -0.180.